The first-order valence-electron chi connectivity index (χ1n) is 5.90. The van der Waals surface area contributed by atoms with Crippen LogP contribution in [0.3, 0.4) is 0 Å². The fraction of sp³-hybridized carbons (Fsp3) is 0.133. The molecule has 2 aromatic carbocycles. The Balaban J connectivity index is 2.15. The maximum atomic E-state index is 12.1. The minimum absolute atomic E-state index is 0.137. The van der Waals surface area contributed by atoms with Crippen molar-refractivity contribution in [3.05, 3.63) is 65.7 Å². The van der Waals surface area contributed by atoms with Crippen molar-refractivity contribution in [3.63, 3.8) is 0 Å². The molecule has 0 unspecified atom stereocenters. The number of ether oxygens (including phenoxy) is 1. The van der Waals surface area contributed by atoms with Crippen molar-refractivity contribution in [3.8, 4) is 5.75 Å². The van der Waals surface area contributed by atoms with Crippen molar-refractivity contribution in [2.24, 2.45) is 0 Å². The number of carbonyl (C=O) groups excluding carboxylic acids is 1. The molecule has 0 fully saturated rings. The summed E-state index contributed by atoms with van der Waals surface area (Å²) >= 11 is 0. The van der Waals surface area contributed by atoms with E-state index < -0.39 is 5.91 Å². The van der Waals surface area contributed by atoms with Crippen LogP contribution in [0, 0.1) is 0 Å². The van der Waals surface area contributed by atoms with Gasteiger partial charge in [0.1, 0.15) is 5.75 Å². The molecule has 0 aliphatic rings. The maximum Gasteiger partial charge on any atom is 0.281 e. The Kier molecular flexibility index (Phi) is 4.15. The van der Waals surface area contributed by atoms with Crippen molar-refractivity contribution in [1.82, 2.24) is 5.06 Å². The summed E-state index contributed by atoms with van der Waals surface area (Å²) in [6.45, 7) is 0.137. The van der Waals surface area contributed by atoms with E-state index in [1.165, 1.54) is 7.11 Å². The molecule has 0 atom stereocenters. The van der Waals surface area contributed by atoms with Crippen LogP contribution in [0.2, 0.25) is 0 Å². The summed E-state index contributed by atoms with van der Waals surface area (Å²) in [7, 11) is 1.49. The van der Waals surface area contributed by atoms with Crippen LogP contribution in [0.1, 0.15) is 15.9 Å². The minimum atomic E-state index is -0.485. The lowest BCUT2D eigenvalue weighted by molar-refractivity contribution is -0.0649. The van der Waals surface area contributed by atoms with Gasteiger partial charge in [-0.1, -0.05) is 42.5 Å². The summed E-state index contributed by atoms with van der Waals surface area (Å²) in [4.78, 5) is 12.1. The van der Waals surface area contributed by atoms with Crippen molar-refractivity contribution in [2.75, 3.05) is 7.11 Å². The van der Waals surface area contributed by atoms with Gasteiger partial charge in [0.25, 0.3) is 5.91 Å². The molecular weight excluding hydrogens is 242 g/mol. The summed E-state index contributed by atoms with van der Waals surface area (Å²) in [5.74, 6) is -0.0408. The Bertz CT molecular complexity index is 554. The number of methoxy groups -OCH3 is 1. The van der Waals surface area contributed by atoms with Gasteiger partial charge >= 0.3 is 0 Å². The van der Waals surface area contributed by atoms with Gasteiger partial charge < -0.3 is 4.74 Å². The average Bonchev–Trinajstić information content (AvgIpc) is 2.47. The molecule has 1 amide bonds. The Morgan fingerprint density at radius 2 is 1.74 bits per heavy atom. The smallest absolute Gasteiger partial charge is 0.281 e. The quantitative estimate of drug-likeness (QED) is 0.676. The predicted octanol–water partition coefficient (Wildman–Crippen LogP) is 2.73. The van der Waals surface area contributed by atoms with Crippen LogP contribution < -0.4 is 4.74 Å². The van der Waals surface area contributed by atoms with E-state index in [9.17, 15) is 10.0 Å². The Morgan fingerprint density at radius 1 is 1.11 bits per heavy atom. The van der Waals surface area contributed by atoms with Crippen LogP contribution in [-0.4, -0.2) is 23.3 Å². The number of rotatable bonds is 4. The zero-order valence-corrected chi connectivity index (χ0v) is 10.6. The fourth-order valence-electron chi connectivity index (χ4n) is 1.79. The molecule has 2 aromatic rings. The predicted molar refractivity (Wildman–Crippen MR) is 71.1 cm³/mol. The van der Waals surface area contributed by atoms with Crippen LogP contribution in [0.15, 0.2) is 54.6 Å². The second-order valence-corrected chi connectivity index (χ2v) is 4.05. The first-order valence-corrected chi connectivity index (χ1v) is 5.90. The monoisotopic (exact) mass is 257 g/mol. The zero-order chi connectivity index (χ0) is 13.7. The van der Waals surface area contributed by atoms with Gasteiger partial charge in [-0.05, 0) is 17.7 Å². The van der Waals surface area contributed by atoms with Gasteiger partial charge in [-0.15, -0.1) is 0 Å². The summed E-state index contributed by atoms with van der Waals surface area (Å²) in [6.07, 6.45) is 0. The fourth-order valence-corrected chi connectivity index (χ4v) is 1.79. The number of hydrogen-bond donors (Lipinski definition) is 1. The van der Waals surface area contributed by atoms with E-state index in [0.717, 1.165) is 5.56 Å². The van der Waals surface area contributed by atoms with Crippen molar-refractivity contribution < 1.29 is 14.7 Å². The average molecular weight is 257 g/mol. The molecule has 0 spiro atoms. The van der Waals surface area contributed by atoms with E-state index in [2.05, 4.69) is 0 Å². The van der Waals surface area contributed by atoms with Gasteiger partial charge in [-0.2, -0.15) is 0 Å². The van der Waals surface area contributed by atoms with Crippen molar-refractivity contribution >= 4 is 5.91 Å². The SMILES string of the molecule is COc1ccccc1C(=O)N(O)Cc1ccccc1. The van der Waals surface area contributed by atoms with Gasteiger partial charge in [0.2, 0.25) is 0 Å². The van der Waals surface area contributed by atoms with E-state index in [1.54, 1.807) is 24.3 Å². The first kappa shape index (κ1) is 13.1. The molecule has 0 bridgehead atoms. The van der Waals surface area contributed by atoms with Crippen LogP contribution in [0.5, 0.6) is 5.75 Å². The molecule has 0 aliphatic heterocycles. The third-order valence-corrected chi connectivity index (χ3v) is 2.75. The molecule has 2 rings (SSSR count). The number of para-hydroxylation sites is 1. The van der Waals surface area contributed by atoms with E-state index in [-0.39, 0.29) is 6.54 Å². The lowest BCUT2D eigenvalue weighted by atomic mass is 10.1. The minimum Gasteiger partial charge on any atom is -0.496 e. The van der Waals surface area contributed by atoms with Gasteiger partial charge in [0.05, 0.1) is 19.2 Å². The summed E-state index contributed by atoms with van der Waals surface area (Å²) in [5, 5.41) is 10.6. The molecule has 0 saturated carbocycles. The second-order valence-electron chi connectivity index (χ2n) is 4.05. The lowest BCUT2D eigenvalue weighted by Gasteiger charge is -2.16. The van der Waals surface area contributed by atoms with Gasteiger partial charge in [0, 0.05) is 0 Å². The summed E-state index contributed by atoms with van der Waals surface area (Å²) in [5.41, 5.74) is 1.19. The summed E-state index contributed by atoms with van der Waals surface area (Å²) < 4.78 is 5.11. The molecule has 4 nitrogen and oxygen atoms in total. The highest BCUT2D eigenvalue weighted by Crippen LogP contribution is 2.19. The third-order valence-electron chi connectivity index (χ3n) is 2.75. The van der Waals surface area contributed by atoms with Gasteiger partial charge in [-0.25, -0.2) is 5.06 Å². The molecule has 0 radical (unpaired) electrons. The number of carbonyl (C=O) groups is 1. The molecule has 4 heteroatoms. The number of hydrogen-bond acceptors (Lipinski definition) is 3. The Labute approximate surface area is 111 Å². The Hall–Kier alpha value is -2.33. The number of benzene rings is 2. The largest absolute Gasteiger partial charge is 0.496 e. The van der Waals surface area contributed by atoms with Crippen molar-refractivity contribution in [1.29, 1.82) is 0 Å². The standard InChI is InChI=1S/C15H15NO3/c1-19-14-10-6-5-9-13(14)15(17)16(18)11-12-7-3-2-4-8-12/h2-10,18H,11H2,1H3. The highest BCUT2D eigenvalue weighted by molar-refractivity contribution is 5.96. The van der Waals surface area contributed by atoms with E-state index in [0.29, 0.717) is 16.4 Å². The van der Waals surface area contributed by atoms with Crippen LogP contribution >= 0.6 is 0 Å². The normalized spacial score (nSPS) is 10.0. The molecular formula is C15H15NO3. The van der Waals surface area contributed by atoms with E-state index in [4.69, 9.17) is 4.74 Å². The second kappa shape index (κ2) is 6.02. The first-order chi connectivity index (χ1) is 9.22. The van der Waals surface area contributed by atoms with Gasteiger partial charge in [0.15, 0.2) is 0 Å². The number of hydroxylamine groups is 2. The van der Waals surface area contributed by atoms with Crippen LogP contribution in [0.4, 0.5) is 0 Å². The molecule has 0 aromatic heterocycles. The molecule has 0 aliphatic carbocycles. The molecule has 0 saturated heterocycles. The molecule has 1 N–H and O–H groups in total. The van der Waals surface area contributed by atoms with E-state index >= 15 is 0 Å². The Morgan fingerprint density at radius 3 is 2.42 bits per heavy atom. The highest BCUT2D eigenvalue weighted by atomic mass is 16.5. The topological polar surface area (TPSA) is 49.8 Å². The zero-order valence-electron chi connectivity index (χ0n) is 10.6. The third kappa shape index (κ3) is 3.11. The number of amides is 1. The number of nitrogens with zero attached hydrogens (tertiary/aromatic N) is 1. The molecule has 19 heavy (non-hydrogen) atoms. The maximum absolute atomic E-state index is 12.1. The molecule has 0 heterocycles. The highest BCUT2D eigenvalue weighted by Gasteiger charge is 2.17. The van der Waals surface area contributed by atoms with Crippen LogP contribution in [-0.2, 0) is 6.54 Å². The molecule has 98 valence electrons. The lowest BCUT2D eigenvalue weighted by Crippen LogP contribution is -2.27. The van der Waals surface area contributed by atoms with Gasteiger partial charge in [-0.3, -0.25) is 10.0 Å². The summed E-state index contributed by atoms with van der Waals surface area (Å²) in [6, 6.07) is 16.1. The van der Waals surface area contributed by atoms with Crippen LogP contribution in [0.25, 0.3) is 0 Å². The van der Waals surface area contributed by atoms with E-state index in [1.807, 2.05) is 30.3 Å². The van der Waals surface area contributed by atoms with Crippen molar-refractivity contribution in [2.45, 2.75) is 6.54 Å².